The fourth-order valence-corrected chi connectivity index (χ4v) is 3.33. The molecule has 1 atom stereocenters. The fourth-order valence-electron chi connectivity index (χ4n) is 3.15. The number of ether oxygens (including phenoxy) is 2. The highest BCUT2D eigenvalue weighted by Crippen LogP contribution is 2.29. The van der Waals surface area contributed by atoms with Crippen LogP contribution in [0.3, 0.4) is 0 Å². The van der Waals surface area contributed by atoms with Crippen molar-refractivity contribution in [2.24, 2.45) is 0 Å². The van der Waals surface area contributed by atoms with Crippen LogP contribution in [0.5, 0.6) is 17.5 Å². The molecule has 30 heavy (non-hydrogen) atoms. The molecule has 1 aliphatic heterocycles. The summed E-state index contributed by atoms with van der Waals surface area (Å²) in [5.41, 5.74) is 1.57. The summed E-state index contributed by atoms with van der Waals surface area (Å²) < 4.78 is 11.9. The van der Waals surface area contributed by atoms with Crippen LogP contribution in [-0.2, 0) is 4.79 Å². The molecule has 0 spiro atoms. The summed E-state index contributed by atoms with van der Waals surface area (Å²) in [4.78, 5) is 26.4. The molecule has 7 nitrogen and oxygen atoms in total. The van der Waals surface area contributed by atoms with Gasteiger partial charge in [0.25, 0.3) is 0 Å². The lowest BCUT2D eigenvalue weighted by Gasteiger charge is -2.15. The second-order valence-corrected chi connectivity index (χ2v) is 7.01. The van der Waals surface area contributed by atoms with E-state index in [0.29, 0.717) is 52.8 Å². The van der Waals surface area contributed by atoms with Crippen LogP contribution in [0.25, 0.3) is 11.0 Å². The maximum atomic E-state index is 11.8. The van der Waals surface area contributed by atoms with E-state index in [1.54, 1.807) is 35.2 Å². The molecule has 8 heteroatoms. The molecule has 1 aromatic carbocycles. The van der Waals surface area contributed by atoms with Crippen molar-refractivity contribution in [2.45, 2.75) is 12.5 Å². The standard InChI is InChI=1S/C22H17ClN4O3/c1-3-14-11-15(5-6-17(14)23)30-22-21-18(24-13-25-22)7-8-19(26-21)29-16-9-10-27(12-16)20(28)4-2/h1,4-8,11,13,16H,2,9-10,12H2. The molecule has 0 saturated carbocycles. The van der Waals surface area contributed by atoms with Crippen molar-refractivity contribution in [2.75, 3.05) is 13.1 Å². The number of nitrogens with zero attached hydrogens (tertiary/aromatic N) is 4. The average molecular weight is 421 g/mol. The molecular weight excluding hydrogens is 404 g/mol. The molecule has 1 unspecified atom stereocenters. The number of amides is 1. The van der Waals surface area contributed by atoms with Gasteiger partial charge in [0.05, 0.1) is 17.1 Å². The van der Waals surface area contributed by atoms with Gasteiger partial charge in [-0.1, -0.05) is 24.1 Å². The summed E-state index contributed by atoms with van der Waals surface area (Å²) in [6.45, 7) is 4.62. The van der Waals surface area contributed by atoms with Crippen molar-refractivity contribution in [1.29, 1.82) is 0 Å². The lowest BCUT2D eigenvalue weighted by molar-refractivity contribution is -0.125. The first-order valence-electron chi connectivity index (χ1n) is 9.21. The highest BCUT2D eigenvalue weighted by molar-refractivity contribution is 6.31. The molecule has 1 aliphatic rings. The molecular formula is C22H17ClN4O3. The Labute approximate surface area is 178 Å². The summed E-state index contributed by atoms with van der Waals surface area (Å²) in [6, 6.07) is 8.52. The van der Waals surface area contributed by atoms with Crippen LogP contribution in [0.4, 0.5) is 0 Å². The smallest absolute Gasteiger partial charge is 0.249 e. The number of pyridine rings is 1. The van der Waals surface area contributed by atoms with Crippen molar-refractivity contribution in [3.63, 3.8) is 0 Å². The lowest BCUT2D eigenvalue weighted by Crippen LogP contribution is -2.29. The Morgan fingerprint density at radius 3 is 3.00 bits per heavy atom. The summed E-state index contributed by atoms with van der Waals surface area (Å²) >= 11 is 6.05. The molecule has 1 amide bonds. The van der Waals surface area contributed by atoms with E-state index in [4.69, 9.17) is 27.5 Å². The number of carbonyl (C=O) groups excluding carboxylic acids is 1. The number of rotatable bonds is 5. The Bertz CT molecular complexity index is 1170. The van der Waals surface area contributed by atoms with Gasteiger partial charge in [0.2, 0.25) is 17.7 Å². The highest BCUT2D eigenvalue weighted by Gasteiger charge is 2.26. The van der Waals surface area contributed by atoms with E-state index in [1.165, 1.54) is 12.4 Å². The molecule has 0 aliphatic carbocycles. The number of benzene rings is 1. The first kappa shape index (κ1) is 19.7. The minimum atomic E-state index is -0.151. The van der Waals surface area contributed by atoms with Gasteiger partial charge in [0.15, 0.2) is 5.52 Å². The third-order valence-electron chi connectivity index (χ3n) is 4.65. The fraction of sp³-hybridized carbons (Fsp3) is 0.182. The molecule has 4 rings (SSSR count). The van der Waals surface area contributed by atoms with Gasteiger partial charge in [-0.3, -0.25) is 4.79 Å². The second kappa shape index (κ2) is 8.39. The number of likely N-dealkylation sites (tertiary alicyclic amines) is 1. The van der Waals surface area contributed by atoms with Gasteiger partial charge < -0.3 is 14.4 Å². The number of fused-ring (bicyclic) bond motifs is 1. The predicted octanol–water partition coefficient (Wildman–Crippen LogP) is 3.62. The van der Waals surface area contributed by atoms with Gasteiger partial charge in [0.1, 0.15) is 18.2 Å². The Morgan fingerprint density at radius 1 is 1.33 bits per heavy atom. The lowest BCUT2D eigenvalue weighted by atomic mass is 10.2. The second-order valence-electron chi connectivity index (χ2n) is 6.60. The topological polar surface area (TPSA) is 77.4 Å². The van der Waals surface area contributed by atoms with Crippen molar-refractivity contribution in [3.8, 4) is 29.9 Å². The molecule has 3 heterocycles. The number of hydrogen-bond acceptors (Lipinski definition) is 6. The maximum Gasteiger partial charge on any atom is 0.249 e. The van der Waals surface area contributed by atoms with Crippen LogP contribution >= 0.6 is 11.6 Å². The van der Waals surface area contributed by atoms with Crippen molar-refractivity contribution >= 4 is 28.5 Å². The minimum Gasteiger partial charge on any atom is -0.472 e. The number of hydrogen-bond donors (Lipinski definition) is 0. The first-order chi connectivity index (χ1) is 14.6. The number of carbonyl (C=O) groups is 1. The van der Waals surface area contributed by atoms with E-state index in [0.717, 1.165) is 0 Å². The van der Waals surface area contributed by atoms with Crippen LogP contribution in [0.2, 0.25) is 5.02 Å². The van der Waals surface area contributed by atoms with Crippen molar-refractivity contribution in [3.05, 3.63) is 59.9 Å². The Balaban J connectivity index is 1.58. The molecule has 150 valence electrons. The summed E-state index contributed by atoms with van der Waals surface area (Å²) in [7, 11) is 0. The Kier molecular flexibility index (Phi) is 5.50. The summed E-state index contributed by atoms with van der Waals surface area (Å²) in [5, 5.41) is 0.465. The van der Waals surface area contributed by atoms with Crippen LogP contribution < -0.4 is 9.47 Å². The van der Waals surface area contributed by atoms with Crippen LogP contribution in [-0.4, -0.2) is 45.0 Å². The SMILES string of the molecule is C#Cc1cc(Oc2ncnc3ccc(OC4CCN(C(=O)C=C)C4)nc23)ccc1Cl. The molecule has 0 N–H and O–H groups in total. The molecule has 2 aromatic heterocycles. The van der Waals surface area contributed by atoms with Gasteiger partial charge in [-0.05, 0) is 30.3 Å². The van der Waals surface area contributed by atoms with E-state index >= 15 is 0 Å². The van der Waals surface area contributed by atoms with Gasteiger partial charge in [-0.15, -0.1) is 6.42 Å². The third kappa shape index (κ3) is 4.04. The Morgan fingerprint density at radius 2 is 2.20 bits per heavy atom. The van der Waals surface area contributed by atoms with E-state index in [9.17, 15) is 4.79 Å². The summed E-state index contributed by atoms with van der Waals surface area (Å²) in [5.74, 6) is 3.56. The monoisotopic (exact) mass is 420 g/mol. The zero-order valence-electron chi connectivity index (χ0n) is 15.9. The quantitative estimate of drug-likeness (QED) is 0.463. The normalized spacial score (nSPS) is 15.6. The van der Waals surface area contributed by atoms with Crippen LogP contribution in [0.1, 0.15) is 12.0 Å². The van der Waals surface area contributed by atoms with Gasteiger partial charge in [0, 0.05) is 24.6 Å². The van der Waals surface area contributed by atoms with Crippen molar-refractivity contribution in [1.82, 2.24) is 19.9 Å². The number of halogens is 1. The Hall–Kier alpha value is -3.63. The van der Waals surface area contributed by atoms with Gasteiger partial charge in [-0.2, -0.15) is 4.98 Å². The van der Waals surface area contributed by atoms with Gasteiger partial charge in [-0.25, -0.2) is 9.97 Å². The largest absolute Gasteiger partial charge is 0.472 e. The zero-order valence-corrected chi connectivity index (χ0v) is 16.7. The highest BCUT2D eigenvalue weighted by atomic mass is 35.5. The van der Waals surface area contributed by atoms with E-state index in [1.807, 2.05) is 0 Å². The first-order valence-corrected chi connectivity index (χ1v) is 9.59. The van der Waals surface area contributed by atoms with E-state index in [-0.39, 0.29) is 17.9 Å². The molecule has 0 bridgehead atoms. The molecule has 3 aromatic rings. The predicted molar refractivity (Wildman–Crippen MR) is 113 cm³/mol. The summed E-state index contributed by atoms with van der Waals surface area (Å²) in [6.07, 6.45) is 8.73. The number of aromatic nitrogens is 3. The zero-order chi connectivity index (χ0) is 21.1. The third-order valence-corrected chi connectivity index (χ3v) is 4.98. The molecule has 1 fully saturated rings. The van der Waals surface area contributed by atoms with E-state index in [2.05, 4.69) is 27.5 Å². The number of terminal acetylenes is 1. The van der Waals surface area contributed by atoms with Gasteiger partial charge >= 0.3 is 0 Å². The average Bonchev–Trinajstić information content (AvgIpc) is 3.23. The maximum absolute atomic E-state index is 11.8. The molecule has 1 saturated heterocycles. The minimum absolute atomic E-state index is 0.106. The van der Waals surface area contributed by atoms with Crippen LogP contribution in [0.15, 0.2) is 49.3 Å². The van der Waals surface area contributed by atoms with E-state index < -0.39 is 0 Å². The van der Waals surface area contributed by atoms with Crippen molar-refractivity contribution < 1.29 is 14.3 Å². The van der Waals surface area contributed by atoms with Crippen LogP contribution in [0, 0.1) is 12.3 Å². The molecule has 0 radical (unpaired) electrons.